The molecule has 0 bridgehead atoms. The number of ether oxygens (including phenoxy) is 1. The third kappa shape index (κ3) is 3.77. The number of aliphatic hydroxyl groups excluding tert-OH is 1. The molecule has 2 N–H and O–H groups in total. The number of hydrogen-bond acceptors (Lipinski definition) is 3. The molecule has 1 amide bonds. The van der Waals surface area contributed by atoms with E-state index in [9.17, 15) is 9.90 Å². The minimum atomic E-state index is -0.773. The Hall–Kier alpha value is -2.07. The summed E-state index contributed by atoms with van der Waals surface area (Å²) in [5.41, 5.74) is 0.930. The molecule has 4 nitrogen and oxygen atoms in total. The Morgan fingerprint density at radius 3 is 2.59 bits per heavy atom. The number of nitrogens with one attached hydrogen (secondary N) is 1. The van der Waals surface area contributed by atoms with Crippen LogP contribution < -0.4 is 10.1 Å². The fraction of sp³-hybridized carbons (Fsp3) is 0.389. The van der Waals surface area contributed by atoms with Gasteiger partial charge in [0.15, 0.2) is 0 Å². The van der Waals surface area contributed by atoms with Crippen LogP contribution in [0.1, 0.15) is 38.2 Å². The van der Waals surface area contributed by atoms with Gasteiger partial charge in [-0.1, -0.05) is 37.6 Å². The van der Waals surface area contributed by atoms with Crippen LogP contribution >= 0.6 is 0 Å². The lowest BCUT2D eigenvalue weighted by Crippen LogP contribution is -2.37. The third-order valence-electron chi connectivity index (χ3n) is 3.84. The largest absolute Gasteiger partial charge is 0.497 e. The van der Waals surface area contributed by atoms with Crippen molar-refractivity contribution >= 4 is 16.7 Å². The summed E-state index contributed by atoms with van der Waals surface area (Å²) in [6.07, 6.45) is 0.619. The van der Waals surface area contributed by atoms with E-state index in [4.69, 9.17) is 4.74 Å². The average Bonchev–Trinajstić information content (AvgIpc) is 2.53. The number of carbonyl (C=O) groups excluding carboxylic acids is 1. The zero-order valence-corrected chi connectivity index (χ0v) is 13.3. The van der Waals surface area contributed by atoms with E-state index in [2.05, 4.69) is 5.32 Å². The zero-order chi connectivity index (χ0) is 16.1. The van der Waals surface area contributed by atoms with Gasteiger partial charge in [0.25, 0.3) is 0 Å². The number of carbonyl (C=O) groups is 1. The zero-order valence-electron chi connectivity index (χ0n) is 13.3. The molecule has 0 aliphatic rings. The molecule has 2 atom stereocenters. The minimum absolute atomic E-state index is 0.159. The van der Waals surface area contributed by atoms with Gasteiger partial charge in [0.2, 0.25) is 5.91 Å². The molecule has 2 aromatic carbocycles. The molecule has 0 aliphatic carbocycles. The second kappa shape index (κ2) is 7.27. The van der Waals surface area contributed by atoms with E-state index >= 15 is 0 Å². The monoisotopic (exact) mass is 301 g/mol. The van der Waals surface area contributed by atoms with E-state index in [1.54, 1.807) is 7.11 Å². The van der Waals surface area contributed by atoms with Crippen LogP contribution in [0, 0.1) is 0 Å². The molecular formula is C18H23NO3. The molecule has 2 rings (SSSR count). The van der Waals surface area contributed by atoms with Crippen molar-refractivity contribution in [2.45, 2.75) is 38.8 Å². The lowest BCUT2D eigenvalue weighted by atomic mass is 9.97. The Morgan fingerprint density at radius 1 is 1.23 bits per heavy atom. The minimum Gasteiger partial charge on any atom is -0.497 e. The van der Waals surface area contributed by atoms with Crippen LogP contribution in [0.15, 0.2) is 36.4 Å². The highest BCUT2D eigenvalue weighted by atomic mass is 16.5. The lowest BCUT2D eigenvalue weighted by molar-refractivity contribution is -0.125. The molecule has 118 valence electrons. The van der Waals surface area contributed by atoms with Crippen molar-refractivity contribution in [1.29, 1.82) is 0 Å². The van der Waals surface area contributed by atoms with Crippen LogP contribution in [-0.4, -0.2) is 24.4 Å². The van der Waals surface area contributed by atoms with E-state index in [1.807, 2.05) is 50.2 Å². The van der Waals surface area contributed by atoms with Crippen molar-refractivity contribution in [3.8, 4) is 5.75 Å². The van der Waals surface area contributed by atoms with Crippen molar-refractivity contribution in [2.24, 2.45) is 0 Å². The van der Waals surface area contributed by atoms with Gasteiger partial charge >= 0.3 is 0 Å². The molecule has 0 radical (unpaired) electrons. The SMILES string of the molecule is CCCC(O)NC(=O)C(C)c1ccc2cc(OC)ccc2c1. The molecule has 0 fully saturated rings. The number of methoxy groups -OCH3 is 1. The van der Waals surface area contributed by atoms with Gasteiger partial charge in [0.1, 0.15) is 12.0 Å². The van der Waals surface area contributed by atoms with Crippen LogP contribution in [0.3, 0.4) is 0 Å². The highest BCUT2D eigenvalue weighted by Gasteiger charge is 2.17. The first-order valence-corrected chi connectivity index (χ1v) is 7.61. The molecule has 0 saturated carbocycles. The smallest absolute Gasteiger partial charge is 0.229 e. The number of hydrogen-bond donors (Lipinski definition) is 2. The number of aliphatic hydroxyl groups is 1. The second-order valence-corrected chi connectivity index (χ2v) is 5.51. The van der Waals surface area contributed by atoms with Gasteiger partial charge in [-0.25, -0.2) is 0 Å². The van der Waals surface area contributed by atoms with Crippen LogP contribution in [0.2, 0.25) is 0 Å². The standard InChI is InChI=1S/C18H23NO3/c1-4-5-17(20)19-18(21)12(2)13-6-7-15-11-16(22-3)9-8-14(15)10-13/h6-12,17,20H,4-5H2,1-3H3,(H,19,21). The van der Waals surface area contributed by atoms with Crippen LogP contribution in [-0.2, 0) is 4.79 Å². The van der Waals surface area contributed by atoms with Crippen molar-refractivity contribution in [3.63, 3.8) is 0 Å². The maximum atomic E-state index is 12.2. The van der Waals surface area contributed by atoms with E-state index in [1.165, 1.54) is 0 Å². The predicted octanol–water partition coefficient (Wildman–Crippen LogP) is 3.19. The molecule has 22 heavy (non-hydrogen) atoms. The van der Waals surface area contributed by atoms with Crippen molar-refractivity contribution in [2.75, 3.05) is 7.11 Å². The van der Waals surface area contributed by atoms with Gasteiger partial charge in [-0.2, -0.15) is 0 Å². The topological polar surface area (TPSA) is 58.6 Å². The third-order valence-corrected chi connectivity index (χ3v) is 3.84. The Labute approximate surface area is 131 Å². The van der Waals surface area contributed by atoms with Crippen molar-refractivity contribution < 1.29 is 14.6 Å². The molecule has 4 heteroatoms. The van der Waals surface area contributed by atoms with Crippen LogP contribution in [0.25, 0.3) is 10.8 Å². The highest BCUT2D eigenvalue weighted by Crippen LogP contribution is 2.25. The van der Waals surface area contributed by atoms with Crippen molar-refractivity contribution in [1.82, 2.24) is 5.32 Å². The molecule has 2 aromatic rings. The maximum absolute atomic E-state index is 12.2. The Kier molecular flexibility index (Phi) is 5.39. The normalized spacial score (nSPS) is 13.6. The molecular weight excluding hydrogens is 278 g/mol. The first-order valence-electron chi connectivity index (χ1n) is 7.61. The first kappa shape index (κ1) is 16.3. The fourth-order valence-corrected chi connectivity index (χ4v) is 2.42. The average molecular weight is 301 g/mol. The number of rotatable bonds is 6. The van der Waals surface area contributed by atoms with Crippen LogP contribution in [0.4, 0.5) is 0 Å². The van der Waals surface area contributed by atoms with Gasteiger partial charge in [0, 0.05) is 0 Å². The van der Waals surface area contributed by atoms with Gasteiger partial charge < -0.3 is 15.2 Å². The summed E-state index contributed by atoms with van der Waals surface area (Å²) in [5, 5.41) is 14.5. The van der Waals surface area contributed by atoms with Gasteiger partial charge in [-0.3, -0.25) is 4.79 Å². The lowest BCUT2D eigenvalue weighted by Gasteiger charge is -2.17. The number of fused-ring (bicyclic) bond motifs is 1. The molecule has 0 heterocycles. The van der Waals surface area contributed by atoms with E-state index in [-0.39, 0.29) is 11.8 Å². The molecule has 2 unspecified atom stereocenters. The van der Waals surface area contributed by atoms with Gasteiger partial charge in [-0.15, -0.1) is 0 Å². The van der Waals surface area contributed by atoms with Gasteiger partial charge in [-0.05, 0) is 41.8 Å². The first-order chi connectivity index (χ1) is 10.5. The summed E-state index contributed by atoms with van der Waals surface area (Å²) in [7, 11) is 1.64. The maximum Gasteiger partial charge on any atom is 0.229 e. The predicted molar refractivity (Wildman–Crippen MR) is 88.0 cm³/mol. The summed E-state index contributed by atoms with van der Waals surface area (Å²) in [4.78, 5) is 12.2. The Morgan fingerprint density at radius 2 is 1.91 bits per heavy atom. The quantitative estimate of drug-likeness (QED) is 0.806. The second-order valence-electron chi connectivity index (χ2n) is 5.51. The molecule has 0 aliphatic heterocycles. The Bertz CT molecular complexity index is 654. The van der Waals surface area contributed by atoms with E-state index < -0.39 is 6.23 Å². The number of amides is 1. The fourth-order valence-electron chi connectivity index (χ4n) is 2.42. The van der Waals surface area contributed by atoms with Crippen molar-refractivity contribution in [3.05, 3.63) is 42.0 Å². The van der Waals surface area contributed by atoms with Gasteiger partial charge in [0.05, 0.1) is 13.0 Å². The summed E-state index contributed by atoms with van der Waals surface area (Å²) >= 11 is 0. The highest BCUT2D eigenvalue weighted by molar-refractivity contribution is 5.88. The summed E-state index contributed by atoms with van der Waals surface area (Å²) < 4.78 is 5.21. The summed E-state index contributed by atoms with van der Waals surface area (Å²) in [6, 6.07) is 11.8. The summed E-state index contributed by atoms with van der Waals surface area (Å²) in [6.45, 7) is 3.81. The molecule has 0 aromatic heterocycles. The molecule has 0 saturated heterocycles. The Balaban J connectivity index is 2.17. The van der Waals surface area contributed by atoms with E-state index in [0.717, 1.165) is 28.5 Å². The van der Waals surface area contributed by atoms with E-state index in [0.29, 0.717) is 6.42 Å². The summed E-state index contributed by atoms with van der Waals surface area (Å²) in [5.74, 6) is 0.348. The molecule has 0 spiro atoms. The van der Waals surface area contributed by atoms with Crippen LogP contribution in [0.5, 0.6) is 5.75 Å². The number of benzene rings is 2.